The number of nitrogens with zero attached hydrogens (tertiary/aromatic N) is 3. The second-order valence-electron chi connectivity index (χ2n) is 8.91. The fourth-order valence-electron chi connectivity index (χ4n) is 4.37. The van der Waals surface area contributed by atoms with Gasteiger partial charge in [0.15, 0.2) is 0 Å². The number of nitrogens with one attached hydrogen (secondary N) is 1. The van der Waals surface area contributed by atoms with E-state index in [9.17, 15) is 22.8 Å². The van der Waals surface area contributed by atoms with Gasteiger partial charge in [-0.05, 0) is 50.3 Å². The molecule has 1 aliphatic heterocycles. The molecule has 1 aliphatic carbocycles. The van der Waals surface area contributed by atoms with Gasteiger partial charge in [0, 0.05) is 25.6 Å². The number of unbranched alkanes of at least 4 members (excludes halogenated alkanes) is 1. The van der Waals surface area contributed by atoms with E-state index in [1.165, 1.54) is 16.9 Å². The van der Waals surface area contributed by atoms with Gasteiger partial charge >= 0.3 is 6.18 Å². The second kappa shape index (κ2) is 9.57. The molecule has 1 saturated heterocycles. The molecule has 9 heteroatoms. The largest absolute Gasteiger partial charge is 0.416 e. The van der Waals surface area contributed by atoms with E-state index in [-0.39, 0.29) is 29.3 Å². The highest BCUT2D eigenvalue weighted by molar-refractivity contribution is 5.96. The van der Waals surface area contributed by atoms with Gasteiger partial charge in [-0.15, -0.1) is 0 Å². The first-order valence-corrected chi connectivity index (χ1v) is 11.6. The van der Waals surface area contributed by atoms with Crippen molar-refractivity contribution in [2.45, 2.75) is 57.5 Å². The lowest BCUT2D eigenvalue weighted by Crippen LogP contribution is -2.45. The Morgan fingerprint density at radius 3 is 2.70 bits per heavy atom. The number of aromatic nitrogens is 2. The number of carbonyl (C=O) groups excluding carboxylic acids is 2. The molecule has 4 rings (SSSR count). The third-order valence-electron chi connectivity index (χ3n) is 6.33. The third kappa shape index (κ3) is 5.23. The zero-order valence-corrected chi connectivity index (χ0v) is 18.7. The summed E-state index contributed by atoms with van der Waals surface area (Å²) in [5, 5.41) is 7.26. The number of piperidine rings is 1. The Morgan fingerprint density at radius 1 is 1.21 bits per heavy atom. The number of amides is 2. The molecule has 0 spiro atoms. The highest BCUT2D eigenvalue weighted by Crippen LogP contribution is 2.43. The summed E-state index contributed by atoms with van der Waals surface area (Å²) >= 11 is 0. The molecule has 2 aliphatic rings. The molecule has 1 atom stereocenters. The second-order valence-corrected chi connectivity index (χ2v) is 8.91. The van der Waals surface area contributed by atoms with Crippen LogP contribution in [0.25, 0.3) is 5.69 Å². The van der Waals surface area contributed by atoms with Crippen molar-refractivity contribution in [3.63, 3.8) is 0 Å². The fourth-order valence-corrected chi connectivity index (χ4v) is 4.37. The molecular weight excluding hydrogens is 433 g/mol. The third-order valence-corrected chi connectivity index (χ3v) is 6.33. The van der Waals surface area contributed by atoms with Crippen LogP contribution in [0.2, 0.25) is 0 Å². The van der Waals surface area contributed by atoms with Crippen molar-refractivity contribution in [3.05, 3.63) is 47.3 Å². The van der Waals surface area contributed by atoms with Crippen LogP contribution in [0, 0.1) is 5.92 Å². The van der Waals surface area contributed by atoms with E-state index in [0.717, 1.165) is 50.7 Å². The quantitative estimate of drug-likeness (QED) is 0.615. The lowest BCUT2D eigenvalue weighted by atomic mass is 9.96. The van der Waals surface area contributed by atoms with Crippen molar-refractivity contribution in [2.24, 2.45) is 5.92 Å². The van der Waals surface area contributed by atoms with Gasteiger partial charge in [-0.2, -0.15) is 18.3 Å². The molecule has 2 aromatic rings. The number of halogens is 3. The Kier molecular flexibility index (Phi) is 6.76. The Morgan fingerprint density at radius 2 is 2.00 bits per heavy atom. The average molecular weight is 463 g/mol. The van der Waals surface area contributed by atoms with E-state index in [2.05, 4.69) is 17.3 Å². The molecule has 1 aromatic carbocycles. The Hall–Kier alpha value is -2.84. The first-order chi connectivity index (χ1) is 15.8. The minimum Gasteiger partial charge on any atom is -0.356 e. The maximum Gasteiger partial charge on any atom is 0.416 e. The first kappa shape index (κ1) is 23.3. The Balaban J connectivity index is 1.56. The Bertz CT molecular complexity index is 1010. The minimum absolute atomic E-state index is 0.0250. The first-order valence-electron chi connectivity index (χ1n) is 11.6. The summed E-state index contributed by atoms with van der Waals surface area (Å²) in [6.07, 6.45) is 2.12. The van der Waals surface area contributed by atoms with Crippen molar-refractivity contribution in [1.82, 2.24) is 20.0 Å². The van der Waals surface area contributed by atoms with Gasteiger partial charge in [0.2, 0.25) is 5.91 Å². The maximum atomic E-state index is 13.4. The summed E-state index contributed by atoms with van der Waals surface area (Å²) in [6, 6.07) is 5.00. The summed E-state index contributed by atoms with van der Waals surface area (Å²) in [6.45, 7) is 3.59. The number of hydrogen-bond acceptors (Lipinski definition) is 3. The molecule has 1 aromatic heterocycles. The predicted octanol–water partition coefficient (Wildman–Crippen LogP) is 4.54. The molecule has 0 bridgehead atoms. The number of carbonyl (C=O) groups is 2. The molecule has 33 heavy (non-hydrogen) atoms. The lowest BCUT2D eigenvalue weighted by molar-refractivity contribution is -0.137. The zero-order valence-electron chi connectivity index (χ0n) is 18.7. The van der Waals surface area contributed by atoms with Crippen LogP contribution < -0.4 is 5.32 Å². The van der Waals surface area contributed by atoms with Crippen LogP contribution >= 0.6 is 0 Å². The van der Waals surface area contributed by atoms with Gasteiger partial charge in [-0.3, -0.25) is 9.59 Å². The topological polar surface area (TPSA) is 67.2 Å². The van der Waals surface area contributed by atoms with Crippen molar-refractivity contribution in [1.29, 1.82) is 0 Å². The number of alkyl halides is 3. The number of likely N-dealkylation sites (tertiary alicyclic amines) is 1. The van der Waals surface area contributed by atoms with Crippen LogP contribution in [0.4, 0.5) is 13.2 Å². The number of benzene rings is 1. The van der Waals surface area contributed by atoms with Crippen molar-refractivity contribution in [2.75, 3.05) is 19.6 Å². The monoisotopic (exact) mass is 462 g/mol. The molecule has 2 heterocycles. The zero-order chi connectivity index (χ0) is 23.6. The summed E-state index contributed by atoms with van der Waals surface area (Å²) in [4.78, 5) is 27.6. The van der Waals surface area contributed by atoms with Gasteiger partial charge in [0.25, 0.3) is 5.91 Å². The number of rotatable bonds is 7. The van der Waals surface area contributed by atoms with Gasteiger partial charge in [0.05, 0.1) is 34.6 Å². The van der Waals surface area contributed by atoms with E-state index in [4.69, 9.17) is 0 Å². The van der Waals surface area contributed by atoms with Crippen LogP contribution in [-0.2, 0) is 11.0 Å². The van der Waals surface area contributed by atoms with Crippen molar-refractivity contribution >= 4 is 11.8 Å². The van der Waals surface area contributed by atoms with Gasteiger partial charge in [0.1, 0.15) is 0 Å². The molecule has 1 unspecified atom stereocenters. The van der Waals surface area contributed by atoms with Crippen LogP contribution in [0.5, 0.6) is 0 Å². The van der Waals surface area contributed by atoms with Crippen LogP contribution in [0.15, 0.2) is 30.5 Å². The van der Waals surface area contributed by atoms with Crippen molar-refractivity contribution in [3.8, 4) is 5.69 Å². The Labute approximate surface area is 191 Å². The normalized spacial score (nSPS) is 18.9. The molecule has 0 radical (unpaired) electrons. The van der Waals surface area contributed by atoms with Gasteiger partial charge in [-0.25, -0.2) is 4.68 Å². The smallest absolute Gasteiger partial charge is 0.356 e. The molecule has 1 N–H and O–H groups in total. The summed E-state index contributed by atoms with van der Waals surface area (Å²) in [5.74, 6) is -0.384. The van der Waals surface area contributed by atoms with Crippen LogP contribution in [0.3, 0.4) is 0 Å². The number of hydrogen-bond donors (Lipinski definition) is 1. The van der Waals surface area contributed by atoms with Gasteiger partial charge in [-0.1, -0.05) is 19.4 Å². The fraction of sp³-hybridized carbons (Fsp3) is 0.542. The maximum absolute atomic E-state index is 13.4. The average Bonchev–Trinajstić information content (AvgIpc) is 3.56. The molecule has 2 fully saturated rings. The molecule has 2 amide bonds. The van der Waals surface area contributed by atoms with Gasteiger partial charge < -0.3 is 10.2 Å². The van der Waals surface area contributed by atoms with E-state index >= 15 is 0 Å². The molecule has 1 saturated carbocycles. The minimum atomic E-state index is -4.46. The highest BCUT2D eigenvalue weighted by Gasteiger charge is 2.37. The van der Waals surface area contributed by atoms with Crippen LogP contribution in [0.1, 0.15) is 73.0 Å². The summed E-state index contributed by atoms with van der Waals surface area (Å²) in [5.41, 5.74) is 0.617. The molecule has 178 valence electrons. The van der Waals surface area contributed by atoms with E-state index in [1.54, 1.807) is 11.0 Å². The van der Waals surface area contributed by atoms with E-state index in [0.29, 0.717) is 30.9 Å². The lowest BCUT2D eigenvalue weighted by Gasteiger charge is -2.32. The van der Waals surface area contributed by atoms with Crippen molar-refractivity contribution < 1.29 is 22.8 Å². The standard InChI is InChI=1S/C24H29F3N4O2/c1-2-3-11-28-22(32)17-6-5-12-30(15-17)23(33)20-14-29-31(21(20)16-9-10-16)19-8-4-7-18(13-19)24(25,26)27/h4,7-8,13-14,16-17H,2-3,5-6,9-12,15H2,1H3,(H,28,32). The molecule has 6 nitrogen and oxygen atoms in total. The van der Waals surface area contributed by atoms with Crippen LogP contribution in [-0.4, -0.2) is 46.1 Å². The summed E-state index contributed by atoms with van der Waals surface area (Å²) in [7, 11) is 0. The SMILES string of the molecule is CCCCNC(=O)C1CCCN(C(=O)c2cnn(-c3cccc(C(F)(F)F)c3)c2C2CC2)C1. The highest BCUT2D eigenvalue weighted by atomic mass is 19.4. The van der Waals surface area contributed by atoms with E-state index in [1.807, 2.05) is 0 Å². The predicted molar refractivity (Wildman–Crippen MR) is 117 cm³/mol. The summed E-state index contributed by atoms with van der Waals surface area (Å²) < 4.78 is 41.1. The molecular formula is C24H29F3N4O2. The van der Waals surface area contributed by atoms with E-state index < -0.39 is 11.7 Å².